The number of aromatic amines is 1. The van der Waals surface area contributed by atoms with Crippen LogP contribution in [-0.2, 0) is 6.42 Å². The van der Waals surface area contributed by atoms with Crippen LogP contribution in [0.5, 0.6) is 0 Å². The van der Waals surface area contributed by atoms with Crippen LogP contribution in [0.15, 0.2) is 71.5 Å². The molecule has 3 aromatic carbocycles. The van der Waals surface area contributed by atoms with E-state index < -0.39 is 0 Å². The SMILES string of the molecule is O=c1[nH]c(Cc2cccc3ccccc23)nc2ccccc12. The molecule has 106 valence electrons. The van der Waals surface area contributed by atoms with Gasteiger partial charge in [0.15, 0.2) is 0 Å². The molecule has 3 nitrogen and oxygen atoms in total. The van der Waals surface area contributed by atoms with Crippen molar-refractivity contribution in [2.75, 3.05) is 0 Å². The normalized spacial score (nSPS) is 11.1. The molecule has 0 spiro atoms. The number of aromatic nitrogens is 2. The lowest BCUT2D eigenvalue weighted by molar-refractivity contribution is 0.979. The van der Waals surface area contributed by atoms with Gasteiger partial charge in [-0.2, -0.15) is 0 Å². The molecule has 0 saturated heterocycles. The van der Waals surface area contributed by atoms with Crippen molar-refractivity contribution in [3.63, 3.8) is 0 Å². The molecular weight excluding hydrogens is 272 g/mol. The largest absolute Gasteiger partial charge is 0.310 e. The van der Waals surface area contributed by atoms with Gasteiger partial charge in [0.25, 0.3) is 5.56 Å². The summed E-state index contributed by atoms with van der Waals surface area (Å²) in [6.45, 7) is 0. The molecule has 3 heteroatoms. The van der Waals surface area contributed by atoms with Gasteiger partial charge in [-0.1, -0.05) is 54.6 Å². The summed E-state index contributed by atoms with van der Waals surface area (Å²) < 4.78 is 0. The molecule has 1 heterocycles. The highest BCUT2D eigenvalue weighted by atomic mass is 16.1. The molecule has 4 rings (SSSR count). The third kappa shape index (κ3) is 2.17. The fourth-order valence-electron chi connectivity index (χ4n) is 2.85. The Morgan fingerprint density at radius 3 is 2.45 bits per heavy atom. The van der Waals surface area contributed by atoms with Crippen molar-refractivity contribution in [2.45, 2.75) is 6.42 Å². The van der Waals surface area contributed by atoms with Crippen LogP contribution in [0.1, 0.15) is 11.4 Å². The Hall–Kier alpha value is -2.94. The number of fused-ring (bicyclic) bond motifs is 2. The molecule has 0 aliphatic heterocycles. The highest BCUT2D eigenvalue weighted by Gasteiger charge is 2.06. The third-order valence-corrected chi connectivity index (χ3v) is 3.90. The van der Waals surface area contributed by atoms with E-state index in [4.69, 9.17) is 0 Å². The third-order valence-electron chi connectivity index (χ3n) is 3.90. The zero-order valence-electron chi connectivity index (χ0n) is 11.9. The van der Waals surface area contributed by atoms with E-state index in [-0.39, 0.29) is 5.56 Å². The topological polar surface area (TPSA) is 45.8 Å². The van der Waals surface area contributed by atoms with Crippen molar-refractivity contribution in [2.24, 2.45) is 0 Å². The molecule has 0 fully saturated rings. The van der Waals surface area contributed by atoms with Crippen molar-refractivity contribution >= 4 is 21.7 Å². The lowest BCUT2D eigenvalue weighted by Crippen LogP contribution is -2.12. The predicted molar refractivity (Wildman–Crippen MR) is 89.1 cm³/mol. The lowest BCUT2D eigenvalue weighted by Gasteiger charge is -2.07. The van der Waals surface area contributed by atoms with E-state index in [1.165, 1.54) is 10.8 Å². The number of para-hydroxylation sites is 1. The summed E-state index contributed by atoms with van der Waals surface area (Å²) in [4.78, 5) is 19.6. The van der Waals surface area contributed by atoms with Crippen molar-refractivity contribution in [1.82, 2.24) is 9.97 Å². The fraction of sp³-hybridized carbons (Fsp3) is 0.0526. The maximum absolute atomic E-state index is 12.2. The van der Waals surface area contributed by atoms with E-state index in [1.807, 2.05) is 36.4 Å². The summed E-state index contributed by atoms with van der Waals surface area (Å²) >= 11 is 0. The van der Waals surface area contributed by atoms with Crippen molar-refractivity contribution < 1.29 is 0 Å². The predicted octanol–water partition coefficient (Wildman–Crippen LogP) is 3.67. The molecule has 0 aliphatic carbocycles. The molecule has 1 N–H and O–H groups in total. The number of benzene rings is 3. The number of nitrogens with zero attached hydrogens (tertiary/aromatic N) is 1. The minimum Gasteiger partial charge on any atom is -0.310 e. The molecule has 4 aromatic rings. The van der Waals surface area contributed by atoms with E-state index in [1.54, 1.807) is 6.07 Å². The summed E-state index contributed by atoms with van der Waals surface area (Å²) in [5.41, 5.74) is 1.82. The minimum atomic E-state index is -0.0826. The standard InChI is InChI=1S/C19H14N2O/c22-19-16-10-3-4-11-17(16)20-18(21-19)12-14-8-5-7-13-6-1-2-9-15(13)14/h1-11H,12H2,(H,20,21,22). The molecule has 1 aromatic heterocycles. The van der Waals surface area contributed by atoms with Gasteiger partial charge in [-0.05, 0) is 28.5 Å². The van der Waals surface area contributed by atoms with Crippen molar-refractivity contribution in [3.05, 3.63) is 88.5 Å². The highest BCUT2D eigenvalue weighted by molar-refractivity contribution is 5.86. The molecule has 0 radical (unpaired) electrons. The molecular formula is C19H14N2O. The molecule has 22 heavy (non-hydrogen) atoms. The molecule has 0 bridgehead atoms. The second-order valence-electron chi connectivity index (χ2n) is 5.34. The van der Waals surface area contributed by atoms with Gasteiger partial charge in [0.05, 0.1) is 10.9 Å². The van der Waals surface area contributed by atoms with Crippen LogP contribution < -0.4 is 5.56 Å². The van der Waals surface area contributed by atoms with Gasteiger partial charge in [0.1, 0.15) is 5.82 Å². The van der Waals surface area contributed by atoms with Gasteiger partial charge in [0, 0.05) is 6.42 Å². The maximum Gasteiger partial charge on any atom is 0.258 e. The summed E-state index contributed by atoms with van der Waals surface area (Å²) in [6.07, 6.45) is 0.613. The summed E-state index contributed by atoms with van der Waals surface area (Å²) in [5.74, 6) is 0.694. The average molecular weight is 286 g/mol. The van der Waals surface area contributed by atoms with E-state index in [0.29, 0.717) is 17.6 Å². The maximum atomic E-state index is 12.2. The molecule has 0 amide bonds. The van der Waals surface area contributed by atoms with Crippen LogP contribution in [0, 0.1) is 0 Å². The van der Waals surface area contributed by atoms with Crippen LogP contribution in [0.4, 0.5) is 0 Å². The Balaban J connectivity index is 1.84. The first-order valence-corrected chi connectivity index (χ1v) is 7.26. The van der Waals surface area contributed by atoms with Gasteiger partial charge in [-0.15, -0.1) is 0 Å². The van der Waals surface area contributed by atoms with Crippen molar-refractivity contribution in [3.8, 4) is 0 Å². The van der Waals surface area contributed by atoms with Crippen LogP contribution >= 0.6 is 0 Å². The first-order valence-electron chi connectivity index (χ1n) is 7.26. The van der Waals surface area contributed by atoms with E-state index in [9.17, 15) is 4.79 Å². The van der Waals surface area contributed by atoms with Crippen molar-refractivity contribution in [1.29, 1.82) is 0 Å². The highest BCUT2D eigenvalue weighted by Crippen LogP contribution is 2.20. The summed E-state index contributed by atoms with van der Waals surface area (Å²) in [7, 11) is 0. The smallest absolute Gasteiger partial charge is 0.258 e. The number of nitrogens with one attached hydrogen (secondary N) is 1. The Bertz CT molecular complexity index is 1030. The zero-order valence-corrected chi connectivity index (χ0v) is 11.9. The molecule has 0 unspecified atom stereocenters. The minimum absolute atomic E-state index is 0.0826. The second-order valence-corrected chi connectivity index (χ2v) is 5.34. The van der Waals surface area contributed by atoms with E-state index in [2.05, 4.69) is 34.2 Å². The Labute approximate surface area is 127 Å². The van der Waals surface area contributed by atoms with E-state index >= 15 is 0 Å². The summed E-state index contributed by atoms with van der Waals surface area (Å²) in [5, 5.41) is 3.02. The van der Waals surface area contributed by atoms with Gasteiger partial charge in [-0.25, -0.2) is 4.98 Å². The zero-order chi connectivity index (χ0) is 14.9. The van der Waals surface area contributed by atoms with E-state index in [0.717, 1.165) is 11.1 Å². The molecule has 0 saturated carbocycles. The van der Waals surface area contributed by atoms with Crippen LogP contribution in [0.25, 0.3) is 21.7 Å². The number of hydrogen-bond acceptors (Lipinski definition) is 2. The van der Waals surface area contributed by atoms with Crippen LogP contribution in [-0.4, -0.2) is 9.97 Å². The van der Waals surface area contributed by atoms with Gasteiger partial charge in [-0.3, -0.25) is 4.79 Å². The first kappa shape index (κ1) is 12.8. The van der Waals surface area contributed by atoms with Gasteiger partial charge in [0.2, 0.25) is 0 Å². The first-order chi connectivity index (χ1) is 10.8. The van der Waals surface area contributed by atoms with Gasteiger partial charge < -0.3 is 4.98 Å². The van der Waals surface area contributed by atoms with Gasteiger partial charge >= 0.3 is 0 Å². The Morgan fingerprint density at radius 1 is 0.818 bits per heavy atom. The average Bonchev–Trinajstić information content (AvgIpc) is 2.55. The second kappa shape index (κ2) is 5.11. The summed E-state index contributed by atoms with van der Waals surface area (Å²) in [6, 6.07) is 21.9. The number of H-pyrrole nitrogens is 1. The Morgan fingerprint density at radius 2 is 1.55 bits per heavy atom. The molecule has 0 aliphatic rings. The fourth-order valence-corrected chi connectivity index (χ4v) is 2.85. The Kier molecular flexibility index (Phi) is 2.97. The quantitative estimate of drug-likeness (QED) is 0.611. The monoisotopic (exact) mass is 286 g/mol. The number of rotatable bonds is 2. The van der Waals surface area contributed by atoms with Crippen LogP contribution in [0.2, 0.25) is 0 Å². The lowest BCUT2D eigenvalue weighted by atomic mass is 10.0. The molecule has 0 atom stereocenters. The number of hydrogen-bond donors (Lipinski definition) is 1. The van der Waals surface area contributed by atoms with Crippen LogP contribution in [0.3, 0.4) is 0 Å².